The molecule has 0 radical (unpaired) electrons. The number of hydrogen-bond donors (Lipinski definition) is 1. The minimum Gasteiger partial charge on any atom is -0.475 e. The van der Waals surface area contributed by atoms with Crippen LogP contribution in [0, 0.1) is 0 Å². The van der Waals surface area contributed by atoms with Crippen LogP contribution in [0.25, 0.3) is 0 Å². The van der Waals surface area contributed by atoms with E-state index in [9.17, 15) is 22.2 Å². The van der Waals surface area contributed by atoms with Crippen molar-refractivity contribution in [1.82, 2.24) is 0 Å². The van der Waals surface area contributed by atoms with Gasteiger partial charge in [-0.25, -0.2) is 4.79 Å². The van der Waals surface area contributed by atoms with E-state index in [0.717, 1.165) is 12.1 Å². The molecular formula is C7H5F3O4S. The van der Waals surface area contributed by atoms with Crippen LogP contribution >= 0.6 is 0 Å². The van der Waals surface area contributed by atoms with E-state index in [0.29, 0.717) is 0 Å². The molecule has 0 aliphatic heterocycles. The summed E-state index contributed by atoms with van der Waals surface area (Å²) >= 11 is 0. The Bertz CT molecular complexity index is 395. The Hall–Kier alpha value is -1.31. The lowest BCUT2D eigenvalue weighted by molar-refractivity contribution is -0.0387. The Labute approximate surface area is 84.1 Å². The van der Waals surface area contributed by atoms with Crippen LogP contribution in [0.5, 0.6) is 0 Å². The minimum atomic E-state index is -4.82. The van der Waals surface area contributed by atoms with Gasteiger partial charge in [-0.3, -0.25) is 4.21 Å². The largest absolute Gasteiger partial charge is 0.475 e. The van der Waals surface area contributed by atoms with E-state index in [-0.39, 0.29) is 5.76 Å². The topological polar surface area (TPSA) is 67.5 Å². The summed E-state index contributed by atoms with van der Waals surface area (Å²) in [5, 5.41) is 8.40. The summed E-state index contributed by atoms with van der Waals surface area (Å²) in [6.45, 7) is 0. The van der Waals surface area contributed by atoms with Gasteiger partial charge in [0.05, 0.1) is 5.75 Å². The molecule has 1 aromatic rings. The molecule has 8 heteroatoms. The maximum Gasteiger partial charge on any atom is 0.471 e. The molecule has 1 N–H and O–H groups in total. The van der Waals surface area contributed by atoms with Crippen molar-refractivity contribution in [2.45, 2.75) is 11.3 Å². The van der Waals surface area contributed by atoms with Gasteiger partial charge in [-0.1, -0.05) is 0 Å². The van der Waals surface area contributed by atoms with Gasteiger partial charge in [0.15, 0.2) is 0 Å². The zero-order chi connectivity index (χ0) is 11.6. The zero-order valence-corrected chi connectivity index (χ0v) is 7.89. The number of carboxylic acids is 1. The van der Waals surface area contributed by atoms with E-state index in [1.54, 1.807) is 0 Å². The molecule has 84 valence electrons. The Morgan fingerprint density at radius 3 is 2.47 bits per heavy atom. The van der Waals surface area contributed by atoms with Crippen LogP contribution in [0.15, 0.2) is 16.5 Å². The molecule has 0 fully saturated rings. The average molecular weight is 242 g/mol. The maximum atomic E-state index is 11.8. The summed E-state index contributed by atoms with van der Waals surface area (Å²) in [5.41, 5.74) is -4.82. The van der Waals surface area contributed by atoms with E-state index in [2.05, 4.69) is 4.42 Å². The summed E-state index contributed by atoms with van der Waals surface area (Å²) in [6.07, 6.45) is 0. The number of carbonyl (C=O) groups is 1. The van der Waals surface area contributed by atoms with Gasteiger partial charge in [-0.05, 0) is 12.1 Å². The fraction of sp³-hybridized carbons (Fsp3) is 0.286. The van der Waals surface area contributed by atoms with Crippen molar-refractivity contribution in [3.8, 4) is 0 Å². The lowest BCUT2D eigenvalue weighted by Gasteiger charge is -2.03. The first kappa shape index (κ1) is 11.8. The SMILES string of the molecule is O=C(O)c1ccc(CS(=O)C(F)(F)F)o1. The second kappa shape index (κ2) is 4.05. The summed E-state index contributed by atoms with van der Waals surface area (Å²) in [7, 11) is -3.07. The first-order valence-electron chi connectivity index (χ1n) is 3.58. The molecule has 0 aromatic carbocycles. The van der Waals surface area contributed by atoms with Crippen molar-refractivity contribution in [1.29, 1.82) is 0 Å². The molecule has 0 bridgehead atoms. The number of furan rings is 1. The molecular weight excluding hydrogens is 237 g/mol. The lowest BCUT2D eigenvalue weighted by Crippen LogP contribution is -2.17. The zero-order valence-electron chi connectivity index (χ0n) is 7.08. The molecule has 1 unspecified atom stereocenters. The van der Waals surface area contributed by atoms with Gasteiger partial charge in [-0.15, -0.1) is 0 Å². The molecule has 0 aliphatic carbocycles. The molecule has 4 nitrogen and oxygen atoms in total. The van der Waals surface area contributed by atoms with Crippen molar-refractivity contribution in [3.63, 3.8) is 0 Å². The predicted molar refractivity (Wildman–Crippen MR) is 43.6 cm³/mol. The van der Waals surface area contributed by atoms with Gasteiger partial charge in [0.1, 0.15) is 16.6 Å². The Balaban J connectivity index is 2.74. The quantitative estimate of drug-likeness (QED) is 0.876. The molecule has 1 rings (SSSR count). The van der Waals surface area contributed by atoms with Crippen LogP contribution in [0.3, 0.4) is 0 Å². The average Bonchev–Trinajstić information content (AvgIpc) is 2.50. The van der Waals surface area contributed by atoms with Crippen LogP contribution in [0.4, 0.5) is 13.2 Å². The Morgan fingerprint density at radius 1 is 1.47 bits per heavy atom. The number of alkyl halides is 3. The van der Waals surface area contributed by atoms with E-state index in [4.69, 9.17) is 5.11 Å². The lowest BCUT2D eigenvalue weighted by atomic mass is 10.4. The molecule has 0 saturated heterocycles. The van der Waals surface area contributed by atoms with Crippen molar-refractivity contribution in [2.24, 2.45) is 0 Å². The maximum absolute atomic E-state index is 11.8. The fourth-order valence-electron chi connectivity index (χ4n) is 0.781. The van der Waals surface area contributed by atoms with Crippen LogP contribution in [0.2, 0.25) is 0 Å². The second-order valence-corrected chi connectivity index (χ2v) is 3.95. The number of aromatic carboxylic acids is 1. The highest BCUT2D eigenvalue weighted by Gasteiger charge is 2.37. The number of carboxylic acid groups (broad SMARTS) is 1. The molecule has 0 amide bonds. The van der Waals surface area contributed by atoms with Crippen LogP contribution in [-0.2, 0) is 16.6 Å². The highest BCUT2D eigenvalue weighted by atomic mass is 32.2. The molecule has 1 atom stereocenters. The molecule has 15 heavy (non-hydrogen) atoms. The Kier molecular flexibility index (Phi) is 3.18. The van der Waals surface area contributed by atoms with Gasteiger partial charge < -0.3 is 9.52 Å². The standard InChI is InChI=1S/C7H5F3O4S/c8-7(9,10)15(13)3-4-1-2-5(14-4)6(11)12/h1-2H,3H2,(H,11,12). The first-order valence-corrected chi connectivity index (χ1v) is 4.90. The third kappa shape index (κ3) is 3.08. The molecule has 1 heterocycles. The van der Waals surface area contributed by atoms with E-state index < -0.39 is 33.8 Å². The number of halogens is 3. The normalized spacial score (nSPS) is 13.8. The highest BCUT2D eigenvalue weighted by Crippen LogP contribution is 2.23. The van der Waals surface area contributed by atoms with Crippen molar-refractivity contribution in [3.05, 3.63) is 23.7 Å². The highest BCUT2D eigenvalue weighted by molar-refractivity contribution is 7.85. The Morgan fingerprint density at radius 2 is 2.07 bits per heavy atom. The van der Waals surface area contributed by atoms with Gasteiger partial charge in [0, 0.05) is 0 Å². The predicted octanol–water partition coefficient (Wildman–Crippen LogP) is 1.75. The van der Waals surface area contributed by atoms with E-state index in [1.807, 2.05) is 0 Å². The second-order valence-electron chi connectivity index (χ2n) is 2.51. The first-order chi connectivity index (χ1) is 6.80. The van der Waals surface area contributed by atoms with Crippen molar-refractivity contribution in [2.75, 3.05) is 0 Å². The van der Waals surface area contributed by atoms with Gasteiger partial charge in [0.2, 0.25) is 5.76 Å². The van der Waals surface area contributed by atoms with Gasteiger partial charge in [-0.2, -0.15) is 13.2 Å². The smallest absolute Gasteiger partial charge is 0.471 e. The monoisotopic (exact) mass is 242 g/mol. The van der Waals surface area contributed by atoms with Crippen molar-refractivity contribution >= 4 is 16.8 Å². The molecule has 0 saturated carbocycles. The van der Waals surface area contributed by atoms with E-state index >= 15 is 0 Å². The van der Waals surface area contributed by atoms with Crippen molar-refractivity contribution < 1.29 is 31.7 Å². The number of rotatable bonds is 3. The van der Waals surface area contributed by atoms with Crippen LogP contribution < -0.4 is 0 Å². The third-order valence-corrected chi connectivity index (χ3v) is 2.47. The summed E-state index contributed by atoms with van der Waals surface area (Å²) in [6, 6.07) is 2.05. The fourth-order valence-corrected chi connectivity index (χ4v) is 1.36. The summed E-state index contributed by atoms with van der Waals surface area (Å²) in [4.78, 5) is 10.3. The van der Waals surface area contributed by atoms with Gasteiger partial charge >= 0.3 is 11.5 Å². The molecule has 0 aliphatic rings. The van der Waals surface area contributed by atoms with Crippen LogP contribution in [0.1, 0.15) is 16.3 Å². The number of hydrogen-bond acceptors (Lipinski definition) is 3. The minimum absolute atomic E-state index is 0.275. The van der Waals surface area contributed by atoms with Crippen LogP contribution in [-0.4, -0.2) is 20.8 Å². The van der Waals surface area contributed by atoms with E-state index in [1.165, 1.54) is 0 Å². The summed E-state index contributed by atoms with van der Waals surface area (Å²) < 4.78 is 50.6. The molecule has 0 spiro atoms. The van der Waals surface area contributed by atoms with Gasteiger partial charge in [0.25, 0.3) is 0 Å². The summed E-state index contributed by atoms with van der Waals surface area (Å²) in [5.74, 6) is -3.03. The third-order valence-electron chi connectivity index (χ3n) is 1.40. The molecule has 1 aromatic heterocycles.